The van der Waals surface area contributed by atoms with E-state index in [-0.39, 0.29) is 0 Å². The molecule has 0 saturated carbocycles. The van der Waals surface area contributed by atoms with E-state index in [1.165, 1.54) is 0 Å². The Balaban J connectivity index is 3.52. The van der Waals surface area contributed by atoms with E-state index in [2.05, 4.69) is 27.7 Å². The predicted molar refractivity (Wildman–Crippen MR) is 52.8 cm³/mol. The van der Waals surface area contributed by atoms with Gasteiger partial charge in [0.25, 0.3) is 0 Å². The Morgan fingerprint density at radius 2 is 1.91 bits per heavy atom. The monoisotopic (exact) mass is 174 g/mol. The van der Waals surface area contributed by atoms with Crippen LogP contribution in [0.5, 0.6) is 0 Å². The van der Waals surface area contributed by atoms with Crippen molar-refractivity contribution < 1.29 is 4.74 Å². The Bertz CT molecular complexity index is 121. The minimum atomic E-state index is 0.420. The Morgan fingerprint density at radius 1 is 1.36 bits per heavy atom. The first-order valence-electron chi connectivity index (χ1n) is 4.24. The van der Waals surface area contributed by atoms with E-state index in [0.717, 1.165) is 18.1 Å². The van der Waals surface area contributed by atoms with Gasteiger partial charge in [-0.05, 0) is 24.6 Å². The molecule has 11 heavy (non-hydrogen) atoms. The molecule has 2 heteroatoms. The van der Waals surface area contributed by atoms with Crippen molar-refractivity contribution in [2.75, 3.05) is 6.61 Å². The molecule has 0 rings (SSSR count). The van der Waals surface area contributed by atoms with Crippen LogP contribution in [-0.2, 0) is 4.74 Å². The topological polar surface area (TPSA) is 9.23 Å². The molecule has 0 bridgehead atoms. The summed E-state index contributed by atoms with van der Waals surface area (Å²) in [6, 6.07) is 0. The molecule has 0 aliphatic heterocycles. The third kappa shape index (κ3) is 5.19. The summed E-state index contributed by atoms with van der Waals surface area (Å²) in [7, 11) is 0. The first kappa shape index (κ1) is 10.9. The number of ether oxygens (including phenoxy) is 1. The van der Waals surface area contributed by atoms with Crippen LogP contribution in [0.15, 0.2) is 0 Å². The fourth-order valence-corrected chi connectivity index (χ4v) is 0.792. The van der Waals surface area contributed by atoms with Crippen LogP contribution in [0.2, 0.25) is 0 Å². The van der Waals surface area contributed by atoms with Gasteiger partial charge in [0, 0.05) is 5.92 Å². The SMILES string of the molecule is CCC(C)C(=S)OCC(C)C. The lowest BCUT2D eigenvalue weighted by Gasteiger charge is -2.13. The van der Waals surface area contributed by atoms with Crippen molar-refractivity contribution >= 4 is 17.3 Å². The summed E-state index contributed by atoms with van der Waals surface area (Å²) in [6.07, 6.45) is 1.07. The maximum atomic E-state index is 5.39. The van der Waals surface area contributed by atoms with E-state index in [4.69, 9.17) is 17.0 Å². The van der Waals surface area contributed by atoms with Crippen molar-refractivity contribution in [3.63, 3.8) is 0 Å². The standard InChI is InChI=1S/C9H18OS/c1-5-8(4)9(11)10-6-7(2)3/h7-8H,5-6H2,1-4H3. The average molecular weight is 174 g/mol. The van der Waals surface area contributed by atoms with E-state index < -0.39 is 0 Å². The molecule has 0 aromatic rings. The van der Waals surface area contributed by atoms with Gasteiger partial charge in [-0.2, -0.15) is 0 Å². The smallest absolute Gasteiger partial charge is 0.162 e. The minimum absolute atomic E-state index is 0.420. The summed E-state index contributed by atoms with van der Waals surface area (Å²) in [4.78, 5) is 0. The lowest BCUT2D eigenvalue weighted by Crippen LogP contribution is -2.14. The molecule has 0 saturated heterocycles. The molecule has 0 amide bonds. The molecule has 0 aliphatic rings. The van der Waals surface area contributed by atoms with Gasteiger partial charge >= 0.3 is 0 Å². The van der Waals surface area contributed by atoms with E-state index in [1.54, 1.807) is 0 Å². The summed E-state index contributed by atoms with van der Waals surface area (Å²) >= 11 is 5.07. The molecule has 0 aromatic heterocycles. The van der Waals surface area contributed by atoms with Gasteiger partial charge in [0.2, 0.25) is 0 Å². The highest BCUT2D eigenvalue weighted by atomic mass is 32.1. The molecule has 1 atom stereocenters. The summed E-state index contributed by atoms with van der Waals surface area (Å²) in [5, 5.41) is 0.765. The molecular weight excluding hydrogens is 156 g/mol. The molecule has 1 unspecified atom stereocenters. The van der Waals surface area contributed by atoms with Crippen LogP contribution in [0, 0.1) is 11.8 Å². The number of hydrogen-bond acceptors (Lipinski definition) is 2. The summed E-state index contributed by atoms with van der Waals surface area (Å²) in [5.74, 6) is 0.987. The van der Waals surface area contributed by atoms with Gasteiger partial charge in [0.05, 0.1) is 6.61 Å². The van der Waals surface area contributed by atoms with Crippen LogP contribution in [0.25, 0.3) is 0 Å². The maximum Gasteiger partial charge on any atom is 0.162 e. The second kappa shape index (κ2) is 5.53. The summed E-state index contributed by atoms with van der Waals surface area (Å²) < 4.78 is 5.39. The summed E-state index contributed by atoms with van der Waals surface area (Å²) in [5.41, 5.74) is 0. The zero-order valence-electron chi connectivity index (χ0n) is 7.89. The van der Waals surface area contributed by atoms with Gasteiger partial charge < -0.3 is 4.74 Å². The zero-order valence-corrected chi connectivity index (χ0v) is 8.70. The first-order valence-corrected chi connectivity index (χ1v) is 4.65. The Morgan fingerprint density at radius 3 is 2.27 bits per heavy atom. The van der Waals surface area contributed by atoms with Gasteiger partial charge in [-0.3, -0.25) is 0 Å². The number of thiocarbonyl (C=S) groups is 1. The lowest BCUT2D eigenvalue weighted by molar-refractivity contribution is 0.249. The fraction of sp³-hybridized carbons (Fsp3) is 0.889. The molecule has 0 spiro atoms. The van der Waals surface area contributed by atoms with E-state index in [1.807, 2.05) is 0 Å². The third-order valence-electron chi connectivity index (χ3n) is 1.57. The van der Waals surface area contributed by atoms with Crippen LogP contribution in [0.3, 0.4) is 0 Å². The molecule has 0 aliphatic carbocycles. The van der Waals surface area contributed by atoms with E-state index in [0.29, 0.717) is 11.8 Å². The molecule has 1 nitrogen and oxygen atoms in total. The molecule has 0 heterocycles. The molecule has 0 N–H and O–H groups in total. The van der Waals surface area contributed by atoms with Gasteiger partial charge in [0.1, 0.15) is 0 Å². The van der Waals surface area contributed by atoms with Crippen molar-refractivity contribution in [2.24, 2.45) is 11.8 Å². The highest BCUT2D eigenvalue weighted by molar-refractivity contribution is 7.80. The molecular formula is C9H18OS. The normalized spacial score (nSPS) is 13.2. The minimum Gasteiger partial charge on any atom is -0.487 e. The van der Waals surface area contributed by atoms with E-state index in [9.17, 15) is 0 Å². The average Bonchev–Trinajstić information content (AvgIpc) is 1.98. The van der Waals surface area contributed by atoms with Crippen molar-refractivity contribution in [3.05, 3.63) is 0 Å². The number of hydrogen-bond donors (Lipinski definition) is 0. The molecule has 0 aromatic carbocycles. The van der Waals surface area contributed by atoms with Crippen molar-refractivity contribution in [1.82, 2.24) is 0 Å². The second-order valence-electron chi connectivity index (χ2n) is 3.33. The van der Waals surface area contributed by atoms with Crippen LogP contribution >= 0.6 is 12.2 Å². The van der Waals surface area contributed by atoms with Gasteiger partial charge in [0.15, 0.2) is 5.05 Å². The molecule has 0 radical (unpaired) electrons. The molecule has 66 valence electrons. The highest BCUT2D eigenvalue weighted by Crippen LogP contribution is 2.06. The third-order valence-corrected chi connectivity index (χ3v) is 2.09. The lowest BCUT2D eigenvalue weighted by atomic mass is 10.1. The van der Waals surface area contributed by atoms with Crippen LogP contribution in [0.4, 0.5) is 0 Å². The van der Waals surface area contributed by atoms with E-state index >= 15 is 0 Å². The van der Waals surface area contributed by atoms with Crippen molar-refractivity contribution in [1.29, 1.82) is 0 Å². The summed E-state index contributed by atoms with van der Waals surface area (Å²) in [6.45, 7) is 9.22. The Labute approximate surface area is 75.1 Å². The van der Waals surface area contributed by atoms with Gasteiger partial charge in [-0.15, -0.1) is 0 Å². The van der Waals surface area contributed by atoms with Crippen molar-refractivity contribution in [3.8, 4) is 0 Å². The van der Waals surface area contributed by atoms with Crippen LogP contribution in [0.1, 0.15) is 34.1 Å². The molecule has 0 fully saturated rings. The van der Waals surface area contributed by atoms with Crippen LogP contribution < -0.4 is 0 Å². The Hall–Kier alpha value is -0.110. The van der Waals surface area contributed by atoms with Gasteiger partial charge in [-0.1, -0.05) is 27.7 Å². The van der Waals surface area contributed by atoms with Crippen molar-refractivity contribution in [2.45, 2.75) is 34.1 Å². The second-order valence-corrected chi connectivity index (χ2v) is 3.74. The predicted octanol–water partition coefficient (Wildman–Crippen LogP) is 3.03. The first-order chi connectivity index (χ1) is 5.07. The largest absolute Gasteiger partial charge is 0.487 e. The fourth-order valence-electron chi connectivity index (χ4n) is 0.558. The van der Waals surface area contributed by atoms with Gasteiger partial charge in [-0.25, -0.2) is 0 Å². The highest BCUT2D eigenvalue weighted by Gasteiger charge is 2.07. The zero-order chi connectivity index (χ0) is 8.85. The van der Waals surface area contributed by atoms with Crippen LogP contribution in [-0.4, -0.2) is 11.7 Å². The number of rotatable bonds is 4. The maximum absolute atomic E-state index is 5.39. The Kier molecular flexibility index (Phi) is 5.47. The quantitative estimate of drug-likeness (QED) is 0.606.